The first-order chi connectivity index (χ1) is 3.89. The topological polar surface area (TPSA) is 42.9 Å². The molecular weight excluding hydrogens is 108 g/mol. The van der Waals surface area contributed by atoms with Crippen LogP contribution in [0.3, 0.4) is 0 Å². The minimum atomic E-state index is 0.152. The lowest BCUT2D eigenvalue weighted by Crippen LogP contribution is -2.10. The number of hydrogen-bond acceptors (Lipinski definition) is 4. The van der Waals surface area contributed by atoms with Crippen molar-refractivity contribution in [1.82, 2.24) is 5.48 Å². The van der Waals surface area contributed by atoms with Gasteiger partial charge in [0.1, 0.15) is 6.34 Å². The highest BCUT2D eigenvalue weighted by molar-refractivity contribution is 5.54. The fourth-order valence-electron chi connectivity index (χ4n) is 0.304. The predicted octanol–water partition coefficient (Wildman–Crippen LogP) is -0.00520. The number of hydrogen-bond donors (Lipinski definition) is 1. The molecule has 0 saturated heterocycles. The standard InChI is InChI=1S/C4H6N2O2/c1-4-5-2-6-8-3-7-4/h2H,1,3H2,(H,5,6). The van der Waals surface area contributed by atoms with E-state index in [1.165, 1.54) is 6.34 Å². The average molecular weight is 114 g/mol. The molecule has 0 aliphatic carbocycles. The fourth-order valence-corrected chi connectivity index (χ4v) is 0.304. The fraction of sp³-hybridized carbons (Fsp3) is 0.250. The maximum absolute atomic E-state index is 4.73. The molecule has 4 nitrogen and oxygen atoms in total. The minimum Gasteiger partial charge on any atom is -0.449 e. The van der Waals surface area contributed by atoms with E-state index in [-0.39, 0.29) is 6.79 Å². The third kappa shape index (κ3) is 1.23. The SMILES string of the molecule is C=C1N=CNOCO1. The molecule has 0 saturated carbocycles. The van der Waals surface area contributed by atoms with Crippen LogP contribution in [-0.2, 0) is 9.57 Å². The zero-order valence-electron chi connectivity index (χ0n) is 4.26. The van der Waals surface area contributed by atoms with Crippen molar-refractivity contribution in [2.45, 2.75) is 0 Å². The van der Waals surface area contributed by atoms with Crippen molar-refractivity contribution in [3.63, 3.8) is 0 Å². The van der Waals surface area contributed by atoms with Gasteiger partial charge in [-0.25, -0.2) is 9.83 Å². The van der Waals surface area contributed by atoms with Crippen molar-refractivity contribution >= 4 is 6.34 Å². The predicted molar refractivity (Wildman–Crippen MR) is 27.8 cm³/mol. The molecule has 1 aliphatic rings. The summed E-state index contributed by atoms with van der Waals surface area (Å²) in [7, 11) is 0. The molecule has 1 rings (SSSR count). The van der Waals surface area contributed by atoms with Gasteiger partial charge in [0, 0.05) is 0 Å². The van der Waals surface area contributed by atoms with Crippen molar-refractivity contribution in [2.24, 2.45) is 4.99 Å². The molecule has 1 heterocycles. The Morgan fingerprint density at radius 2 is 2.75 bits per heavy atom. The summed E-state index contributed by atoms with van der Waals surface area (Å²) in [5, 5.41) is 0. The second kappa shape index (κ2) is 2.32. The monoisotopic (exact) mass is 114 g/mol. The number of nitrogens with zero attached hydrogens (tertiary/aromatic N) is 1. The molecule has 44 valence electrons. The highest BCUT2D eigenvalue weighted by Crippen LogP contribution is 1.94. The molecule has 0 bridgehead atoms. The highest BCUT2D eigenvalue weighted by atomic mass is 16.8. The number of ether oxygens (including phenoxy) is 1. The van der Waals surface area contributed by atoms with Gasteiger partial charge in [-0.2, -0.15) is 0 Å². The Morgan fingerprint density at radius 3 is 3.62 bits per heavy atom. The maximum Gasteiger partial charge on any atom is 0.215 e. The summed E-state index contributed by atoms with van der Waals surface area (Å²) in [5.74, 6) is 0.356. The second-order valence-corrected chi connectivity index (χ2v) is 1.18. The largest absolute Gasteiger partial charge is 0.449 e. The molecule has 0 radical (unpaired) electrons. The van der Waals surface area contributed by atoms with E-state index in [2.05, 4.69) is 21.9 Å². The second-order valence-electron chi connectivity index (χ2n) is 1.18. The van der Waals surface area contributed by atoms with E-state index in [1.807, 2.05) is 0 Å². The van der Waals surface area contributed by atoms with Gasteiger partial charge >= 0.3 is 0 Å². The van der Waals surface area contributed by atoms with Crippen molar-refractivity contribution < 1.29 is 9.57 Å². The molecule has 8 heavy (non-hydrogen) atoms. The summed E-state index contributed by atoms with van der Waals surface area (Å²) < 4.78 is 4.73. The van der Waals surface area contributed by atoms with E-state index in [0.29, 0.717) is 5.88 Å². The van der Waals surface area contributed by atoms with Crippen LogP contribution < -0.4 is 5.48 Å². The zero-order chi connectivity index (χ0) is 5.82. The van der Waals surface area contributed by atoms with Crippen LogP contribution in [0.15, 0.2) is 17.5 Å². The van der Waals surface area contributed by atoms with E-state index in [9.17, 15) is 0 Å². The lowest BCUT2D eigenvalue weighted by atomic mass is 10.9. The van der Waals surface area contributed by atoms with Crippen LogP contribution in [-0.4, -0.2) is 13.1 Å². The first kappa shape index (κ1) is 5.11. The Kier molecular flexibility index (Phi) is 1.48. The van der Waals surface area contributed by atoms with E-state index in [1.54, 1.807) is 0 Å². The number of aliphatic imine (C=N–C) groups is 1. The van der Waals surface area contributed by atoms with Gasteiger partial charge in [-0.15, -0.1) is 0 Å². The average Bonchev–Trinajstić information content (AvgIpc) is 1.94. The van der Waals surface area contributed by atoms with Gasteiger partial charge in [0.2, 0.25) is 12.7 Å². The zero-order valence-corrected chi connectivity index (χ0v) is 4.26. The van der Waals surface area contributed by atoms with Crippen molar-refractivity contribution in [3.8, 4) is 0 Å². The first-order valence-electron chi connectivity index (χ1n) is 2.11. The highest BCUT2D eigenvalue weighted by Gasteiger charge is 1.92. The maximum atomic E-state index is 4.73. The summed E-state index contributed by atoms with van der Waals surface area (Å²) in [4.78, 5) is 8.23. The number of rotatable bonds is 0. The van der Waals surface area contributed by atoms with E-state index < -0.39 is 0 Å². The molecule has 0 atom stereocenters. The molecule has 0 amide bonds. The van der Waals surface area contributed by atoms with Crippen LogP contribution in [0.2, 0.25) is 0 Å². The number of nitrogens with one attached hydrogen (secondary N) is 1. The molecule has 0 aromatic heterocycles. The van der Waals surface area contributed by atoms with Crippen molar-refractivity contribution in [1.29, 1.82) is 0 Å². The molecular formula is C4H6N2O2. The molecule has 0 aromatic carbocycles. The van der Waals surface area contributed by atoms with Crippen LogP contribution in [0, 0.1) is 0 Å². The third-order valence-electron chi connectivity index (χ3n) is 0.629. The molecule has 4 heteroatoms. The minimum absolute atomic E-state index is 0.152. The smallest absolute Gasteiger partial charge is 0.215 e. The van der Waals surface area contributed by atoms with Gasteiger partial charge in [-0.1, -0.05) is 0 Å². The molecule has 0 aromatic rings. The third-order valence-corrected chi connectivity index (χ3v) is 0.629. The molecule has 1 N–H and O–H groups in total. The summed E-state index contributed by atoms with van der Waals surface area (Å²) in [5.41, 5.74) is 2.40. The summed E-state index contributed by atoms with van der Waals surface area (Å²) in [6.07, 6.45) is 1.37. The Labute approximate surface area is 46.8 Å². The Balaban J connectivity index is 2.44. The van der Waals surface area contributed by atoms with Gasteiger partial charge in [-0.05, 0) is 6.58 Å². The normalized spacial score (nSPS) is 18.8. The number of hydroxylamine groups is 1. The van der Waals surface area contributed by atoms with Gasteiger partial charge < -0.3 is 4.74 Å². The van der Waals surface area contributed by atoms with Gasteiger partial charge in [0.25, 0.3) is 0 Å². The molecule has 0 fully saturated rings. The van der Waals surface area contributed by atoms with Crippen LogP contribution in [0.1, 0.15) is 0 Å². The van der Waals surface area contributed by atoms with Crippen LogP contribution in [0.5, 0.6) is 0 Å². The van der Waals surface area contributed by atoms with E-state index in [0.717, 1.165) is 0 Å². The van der Waals surface area contributed by atoms with Crippen LogP contribution in [0.4, 0.5) is 0 Å². The van der Waals surface area contributed by atoms with Crippen LogP contribution in [0.25, 0.3) is 0 Å². The summed E-state index contributed by atoms with van der Waals surface area (Å²) in [6, 6.07) is 0. The Bertz CT molecular complexity index is 121. The summed E-state index contributed by atoms with van der Waals surface area (Å²) in [6.45, 7) is 3.59. The van der Waals surface area contributed by atoms with Gasteiger partial charge in [0.15, 0.2) is 0 Å². The van der Waals surface area contributed by atoms with E-state index >= 15 is 0 Å². The van der Waals surface area contributed by atoms with Gasteiger partial charge in [0.05, 0.1) is 0 Å². The molecule has 0 spiro atoms. The van der Waals surface area contributed by atoms with Gasteiger partial charge in [-0.3, -0.25) is 5.48 Å². The van der Waals surface area contributed by atoms with Crippen molar-refractivity contribution in [2.75, 3.05) is 6.79 Å². The lowest BCUT2D eigenvalue weighted by Gasteiger charge is -1.97. The van der Waals surface area contributed by atoms with Crippen LogP contribution >= 0.6 is 0 Å². The van der Waals surface area contributed by atoms with Crippen molar-refractivity contribution in [3.05, 3.63) is 12.5 Å². The summed E-state index contributed by atoms with van der Waals surface area (Å²) >= 11 is 0. The molecule has 0 unspecified atom stereocenters. The first-order valence-corrected chi connectivity index (χ1v) is 2.11. The Hall–Kier alpha value is -1.03. The lowest BCUT2D eigenvalue weighted by molar-refractivity contribution is -0.0443. The van der Waals surface area contributed by atoms with E-state index in [4.69, 9.17) is 4.74 Å². The quantitative estimate of drug-likeness (QED) is 0.481. The molecule has 1 aliphatic heterocycles. The Morgan fingerprint density at radius 1 is 1.88 bits per heavy atom.